The SMILES string of the molecule is Cc1cc(-c2cccc(-c3ccccc3C)c2C)[n+](C)cc1C. The van der Waals surface area contributed by atoms with Crippen LogP contribution >= 0.6 is 0 Å². The van der Waals surface area contributed by atoms with Crippen LogP contribution in [0.1, 0.15) is 22.3 Å². The zero-order chi connectivity index (χ0) is 16.6. The fourth-order valence-electron chi connectivity index (χ4n) is 3.23. The number of aromatic nitrogens is 1. The lowest BCUT2D eigenvalue weighted by Gasteiger charge is -2.13. The van der Waals surface area contributed by atoms with Crippen LogP contribution in [0.25, 0.3) is 22.4 Å². The van der Waals surface area contributed by atoms with E-state index in [0.717, 1.165) is 0 Å². The van der Waals surface area contributed by atoms with Crippen molar-refractivity contribution in [1.29, 1.82) is 0 Å². The van der Waals surface area contributed by atoms with Gasteiger partial charge in [-0.3, -0.25) is 0 Å². The summed E-state index contributed by atoms with van der Waals surface area (Å²) in [6.07, 6.45) is 2.21. The lowest BCUT2D eigenvalue weighted by atomic mass is 9.92. The second-order valence-electron chi connectivity index (χ2n) is 6.43. The molecule has 1 nitrogen and oxygen atoms in total. The molecule has 23 heavy (non-hydrogen) atoms. The summed E-state index contributed by atoms with van der Waals surface area (Å²) in [4.78, 5) is 0. The first-order chi connectivity index (χ1) is 11.0. The van der Waals surface area contributed by atoms with Gasteiger partial charge >= 0.3 is 0 Å². The summed E-state index contributed by atoms with van der Waals surface area (Å²) in [6, 6.07) is 17.5. The molecule has 116 valence electrons. The monoisotopic (exact) mass is 302 g/mol. The van der Waals surface area contributed by atoms with Gasteiger partial charge in [-0.05, 0) is 61.6 Å². The summed E-state index contributed by atoms with van der Waals surface area (Å²) in [7, 11) is 2.13. The van der Waals surface area contributed by atoms with E-state index in [1.165, 1.54) is 44.6 Å². The van der Waals surface area contributed by atoms with E-state index < -0.39 is 0 Å². The smallest absolute Gasteiger partial charge is 0.201 e. The minimum Gasteiger partial charge on any atom is -0.201 e. The average molecular weight is 302 g/mol. The Morgan fingerprint density at radius 1 is 0.652 bits per heavy atom. The van der Waals surface area contributed by atoms with Gasteiger partial charge in [-0.1, -0.05) is 36.4 Å². The third-order valence-corrected chi connectivity index (χ3v) is 4.79. The Morgan fingerprint density at radius 3 is 2.04 bits per heavy atom. The molecule has 0 unspecified atom stereocenters. The van der Waals surface area contributed by atoms with Crippen LogP contribution in [-0.2, 0) is 7.05 Å². The van der Waals surface area contributed by atoms with Gasteiger partial charge < -0.3 is 0 Å². The van der Waals surface area contributed by atoms with Gasteiger partial charge in [0.2, 0.25) is 5.69 Å². The van der Waals surface area contributed by atoms with Crippen molar-refractivity contribution in [3.63, 3.8) is 0 Å². The van der Waals surface area contributed by atoms with E-state index in [-0.39, 0.29) is 0 Å². The zero-order valence-corrected chi connectivity index (χ0v) is 14.6. The average Bonchev–Trinajstić information content (AvgIpc) is 2.52. The van der Waals surface area contributed by atoms with E-state index in [4.69, 9.17) is 0 Å². The summed E-state index contributed by atoms with van der Waals surface area (Å²) >= 11 is 0. The summed E-state index contributed by atoms with van der Waals surface area (Å²) < 4.78 is 2.23. The quantitative estimate of drug-likeness (QED) is 0.581. The van der Waals surface area contributed by atoms with E-state index in [1.54, 1.807) is 0 Å². The van der Waals surface area contributed by atoms with Crippen molar-refractivity contribution in [2.75, 3.05) is 0 Å². The van der Waals surface area contributed by atoms with Gasteiger partial charge in [0.1, 0.15) is 7.05 Å². The molecule has 3 rings (SSSR count). The van der Waals surface area contributed by atoms with Crippen LogP contribution in [0, 0.1) is 27.7 Å². The first-order valence-electron chi connectivity index (χ1n) is 8.12. The molecule has 1 heteroatoms. The fourth-order valence-corrected chi connectivity index (χ4v) is 3.23. The van der Waals surface area contributed by atoms with Gasteiger partial charge in [0.25, 0.3) is 0 Å². The Balaban J connectivity index is 2.22. The van der Waals surface area contributed by atoms with Crippen molar-refractivity contribution in [2.24, 2.45) is 7.05 Å². The maximum Gasteiger partial charge on any atom is 0.212 e. The molecule has 2 aromatic carbocycles. The minimum absolute atomic E-state index is 1.26. The molecule has 0 saturated carbocycles. The number of aryl methyl sites for hydroxylation is 4. The van der Waals surface area contributed by atoms with Gasteiger partial charge in [-0.2, -0.15) is 0 Å². The minimum atomic E-state index is 1.26. The van der Waals surface area contributed by atoms with Crippen molar-refractivity contribution >= 4 is 0 Å². The third-order valence-electron chi connectivity index (χ3n) is 4.79. The second-order valence-corrected chi connectivity index (χ2v) is 6.43. The van der Waals surface area contributed by atoms with Crippen molar-refractivity contribution in [3.8, 4) is 22.4 Å². The van der Waals surface area contributed by atoms with Crippen LogP contribution in [0.15, 0.2) is 54.7 Å². The summed E-state index contributed by atoms with van der Waals surface area (Å²) in [5, 5.41) is 0. The Morgan fingerprint density at radius 2 is 1.30 bits per heavy atom. The molecule has 0 saturated heterocycles. The number of hydrogen-bond acceptors (Lipinski definition) is 0. The molecule has 0 amide bonds. The highest BCUT2D eigenvalue weighted by Gasteiger charge is 2.16. The Bertz CT molecular complexity index is 875. The molecule has 1 aromatic heterocycles. The molecule has 0 atom stereocenters. The van der Waals surface area contributed by atoms with E-state index in [2.05, 4.69) is 94.0 Å². The van der Waals surface area contributed by atoms with Crippen LogP contribution in [-0.4, -0.2) is 0 Å². The number of nitrogens with zero attached hydrogens (tertiary/aromatic N) is 1. The maximum atomic E-state index is 2.29. The number of rotatable bonds is 2. The molecule has 0 radical (unpaired) electrons. The lowest BCUT2D eigenvalue weighted by Crippen LogP contribution is -2.31. The Hall–Kier alpha value is -2.41. The van der Waals surface area contributed by atoms with Crippen molar-refractivity contribution in [2.45, 2.75) is 27.7 Å². The molecule has 1 heterocycles. The van der Waals surface area contributed by atoms with Gasteiger partial charge in [0.05, 0.1) is 0 Å². The molecule has 0 bridgehead atoms. The molecule has 0 fully saturated rings. The van der Waals surface area contributed by atoms with Crippen molar-refractivity contribution < 1.29 is 4.57 Å². The van der Waals surface area contributed by atoms with Crippen molar-refractivity contribution in [3.05, 3.63) is 77.0 Å². The number of hydrogen-bond donors (Lipinski definition) is 0. The number of benzene rings is 2. The van der Waals surface area contributed by atoms with Gasteiger partial charge in [-0.25, -0.2) is 4.57 Å². The molecule has 0 aliphatic heterocycles. The molecular formula is C22H24N+. The highest BCUT2D eigenvalue weighted by Crippen LogP contribution is 2.32. The fraction of sp³-hybridized carbons (Fsp3) is 0.227. The maximum absolute atomic E-state index is 2.29. The van der Waals surface area contributed by atoms with Gasteiger partial charge in [0.15, 0.2) is 6.20 Å². The van der Waals surface area contributed by atoms with Gasteiger partial charge in [-0.15, -0.1) is 0 Å². The molecule has 0 spiro atoms. The Labute approximate surface area is 139 Å². The highest BCUT2D eigenvalue weighted by molar-refractivity contribution is 5.77. The van der Waals surface area contributed by atoms with Crippen LogP contribution in [0.4, 0.5) is 0 Å². The highest BCUT2D eigenvalue weighted by atomic mass is 14.9. The largest absolute Gasteiger partial charge is 0.212 e. The van der Waals surface area contributed by atoms with Crippen LogP contribution in [0.5, 0.6) is 0 Å². The molecular weight excluding hydrogens is 278 g/mol. The normalized spacial score (nSPS) is 10.8. The van der Waals surface area contributed by atoms with Crippen LogP contribution in [0.3, 0.4) is 0 Å². The van der Waals surface area contributed by atoms with E-state index in [1.807, 2.05) is 0 Å². The molecule has 0 aliphatic rings. The summed E-state index contributed by atoms with van der Waals surface area (Å²) in [6.45, 7) is 8.75. The number of pyridine rings is 1. The molecule has 0 aliphatic carbocycles. The summed E-state index contributed by atoms with van der Waals surface area (Å²) in [5.74, 6) is 0. The lowest BCUT2D eigenvalue weighted by molar-refractivity contribution is -0.660. The standard InChI is InChI=1S/C22H24N/c1-15-9-6-7-10-19(15)20-11-8-12-21(18(20)4)22-13-16(2)17(3)14-23(22)5/h6-14H,1-5H3/q+1. The third kappa shape index (κ3) is 2.79. The van der Waals surface area contributed by atoms with Crippen LogP contribution in [0.2, 0.25) is 0 Å². The predicted molar refractivity (Wildman–Crippen MR) is 97.4 cm³/mol. The predicted octanol–water partition coefficient (Wildman–Crippen LogP) is 5.08. The van der Waals surface area contributed by atoms with E-state index in [9.17, 15) is 0 Å². The second kappa shape index (κ2) is 6.00. The molecule has 3 aromatic rings. The van der Waals surface area contributed by atoms with Gasteiger partial charge in [0, 0.05) is 17.2 Å². The van der Waals surface area contributed by atoms with E-state index >= 15 is 0 Å². The van der Waals surface area contributed by atoms with E-state index in [0.29, 0.717) is 0 Å². The Kier molecular flexibility index (Phi) is 4.04. The topological polar surface area (TPSA) is 3.88 Å². The first-order valence-corrected chi connectivity index (χ1v) is 8.12. The molecule has 0 N–H and O–H groups in total. The first kappa shape index (κ1) is 15.5. The van der Waals surface area contributed by atoms with Crippen molar-refractivity contribution in [1.82, 2.24) is 0 Å². The van der Waals surface area contributed by atoms with Crippen LogP contribution < -0.4 is 4.57 Å². The zero-order valence-electron chi connectivity index (χ0n) is 14.6. The summed E-state index contributed by atoms with van der Waals surface area (Å²) in [5.41, 5.74) is 10.5.